The molecule has 1 aliphatic rings. The van der Waals surface area contributed by atoms with E-state index in [1.165, 1.54) is 6.08 Å². The van der Waals surface area contributed by atoms with Gasteiger partial charge >= 0.3 is 0 Å². The number of hydrogen-bond acceptors (Lipinski definition) is 0. The Hall–Kier alpha value is -0.300. The van der Waals surface area contributed by atoms with Crippen molar-refractivity contribution in [2.75, 3.05) is 0 Å². The molecule has 0 bridgehead atoms. The van der Waals surface area contributed by atoms with Gasteiger partial charge in [0, 0.05) is 5.92 Å². The molecule has 0 saturated heterocycles. The molecule has 0 N–H and O–H groups in total. The van der Waals surface area contributed by atoms with Gasteiger partial charge in [0.25, 0.3) is 0 Å². The summed E-state index contributed by atoms with van der Waals surface area (Å²) in [5.74, 6) is -0.273. The summed E-state index contributed by atoms with van der Waals surface area (Å²) in [5, 5.41) is -0.176. The van der Waals surface area contributed by atoms with Gasteiger partial charge in [-0.15, -0.1) is 11.6 Å². The maximum absolute atomic E-state index is 12.8. The quantitative estimate of drug-likeness (QED) is 0.478. The molecule has 0 heterocycles. The summed E-state index contributed by atoms with van der Waals surface area (Å²) >= 11 is 5.80. The van der Waals surface area contributed by atoms with Crippen LogP contribution in [-0.4, -0.2) is 5.38 Å². The summed E-state index contributed by atoms with van der Waals surface area (Å²) in [7, 11) is 0. The van der Waals surface area contributed by atoms with E-state index in [0.29, 0.717) is 0 Å². The zero-order chi connectivity index (χ0) is 7.72. The summed E-state index contributed by atoms with van der Waals surface area (Å²) < 4.78 is 12.8. The van der Waals surface area contributed by atoms with Crippen LogP contribution in [0, 0.1) is 5.92 Å². The molecule has 56 valence electrons. The van der Waals surface area contributed by atoms with Crippen LogP contribution in [0.4, 0.5) is 4.39 Å². The zero-order valence-electron chi connectivity index (χ0n) is 6.07. The third-order valence-corrected chi connectivity index (χ3v) is 2.20. The van der Waals surface area contributed by atoms with Gasteiger partial charge in [-0.3, -0.25) is 0 Å². The zero-order valence-corrected chi connectivity index (χ0v) is 6.82. The lowest BCUT2D eigenvalue weighted by atomic mass is 9.97. The minimum atomic E-state index is -0.176. The number of rotatable bonds is 0. The largest absolute Gasteiger partial charge is 0.211 e. The Morgan fingerprint density at radius 3 is 2.70 bits per heavy atom. The minimum Gasteiger partial charge on any atom is -0.211 e. The first-order chi connectivity index (χ1) is 4.61. The number of halogens is 2. The molecule has 0 fully saturated rings. The van der Waals surface area contributed by atoms with Gasteiger partial charge in [0.1, 0.15) is 5.83 Å². The molecule has 0 nitrogen and oxygen atoms in total. The van der Waals surface area contributed by atoms with Gasteiger partial charge in [-0.05, 0) is 13.0 Å². The van der Waals surface area contributed by atoms with Gasteiger partial charge in [-0.25, -0.2) is 4.39 Å². The maximum Gasteiger partial charge on any atom is 0.105 e. The van der Waals surface area contributed by atoms with Crippen molar-refractivity contribution in [2.24, 2.45) is 5.92 Å². The van der Waals surface area contributed by atoms with Gasteiger partial charge in [0.2, 0.25) is 0 Å². The third-order valence-electron chi connectivity index (χ3n) is 1.70. The first-order valence-electron chi connectivity index (χ1n) is 3.31. The van der Waals surface area contributed by atoms with Crippen molar-refractivity contribution in [3.05, 3.63) is 23.6 Å². The fourth-order valence-electron chi connectivity index (χ4n) is 0.945. The summed E-state index contributed by atoms with van der Waals surface area (Å²) in [6.45, 7) is 3.63. The molecule has 0 saturated carbocycles. The Kier molecular flexibility index (Phi) is 2.14. The van der Waals surface area contributed by atoms with Gasteiger partial charge in [-0.1, -0.05) is 18.6 Å². The van der Waals surface area contributed by atoms with E-state index in [4.69, 9.17) is 11.6 Å². The van der Waals surface area contributed by atoms with E-state index in [-0.39, 0.29) is 17.1 Å². The molecular formula is C8H10ClF. The molecule has 1 rings (SSSR count). The third kappa shape index (κ3) is 1.40. The van der Waals surface area contributed by atoms with Gasteiger partial charge < -0.3 is 0 Å². The SMILES string of the molecule is CC1=CC(Cl)C(C)C(F)=C1. The van der Waals surface area contributed by atoms with Crippen molar-refractivity contribution in [3.8, 4) is 0 Å². The van der Waals surface area contributed by atoms with Crippen molar-refractivity contribution in [3.63, 3.8) is 0 Å². The summed E-state index contributed by atoms with van der Waals surface area (Å²) in [6, 6.07) is 0. The Labute approximate surface area is 65.4 Å². The van der Waals surface area contributed by atoms with E-state index < -0.39 is 0 Å². The van der Waals surface area contributed by atoms with Crippen LogP contribution in [0.1, 0.15) is 13.8 Å². The summed E-state index contributed by atoms with van der Waals surface area (Å²) in [6.07, 6.45) is 3.40. The molecule has 0 aromatic carbocycles. The van der Waals surface area contributed by atoms with Gasteiger partial charge in [0.05, 0.1) is 5.38 Å². The standard InChI is InChI=1S/C8H10ClF/c1-5-3-7(9)6(2)8(10)4-5/h3-4,6-7H,1-2H3. The smallest absolute Gasteiger partial charge is 0.105 e. The lowest BCUT2D eigenvalue weighted by Gasteiger charge is -2.17. The van der Waals surface area contributed by atoms with Crippen molar-refractivity contribution in [2.45, 2.75) is 19.2 Å². The fraction of sp³-hybridized carbons (Fsp3) is 0.500. The second kappa shape index (κ2) is 2.75. The molecule has 2 atom stereocenters. The van der Waals surface area contributed by atoms with E-state index in [9.17, 15) is 4.39 Å². The van der Waals surface area contributed by atoms with Crippen LogP contribution >= 0.6 is 11.6 Å². The highest BCUT2D eigenvalue weighted by Crippen LogP contribution is 2.27. The monoisotopic (exact) mass is 160 g/mol. The van der Waals surface area contributed by atoms with E-state index in [2.05, 4.69) is 0 Å². The molecule has 2 heteroatoms. The highest BCUT2D eigenvalue weighted by atomic mass is 35.5. The molecule has 0 aromatic rings. The highest BCUT2D eigenvalue weighted by Gasteiger charge is 2.20. The Morgan fingerprint density at radius 2 is 2.20 bits per heavy atom. The predicted molar refractivity (Wildman–Crippen MR) is 41.8 cm³/mol. The molecule has 10 heavy (non-hydrogen) atoms. The van der Waals surface area contributed by atoms with Crippen LogP contribution < -0.4 is 0 Å². The number of alkyl halides is 1. The summed E-state index contributed by atoms with van der Waals surface area (Å²) in [5.41, 5.74) is 0.913. The van der Waals surface area contributed by atoms with Crippen LogP contribution in [0.25, 0.3) is 0 Å². The fourth-order valence-corrected chi connectivity index (χ4v) is 1.26. The normalized spacial score (nSPS) is 33.2. The minimum absolute atomic E-state index is 0.111. The molecule has 0 amide bonds. The first-order valence-corrected chi connectivity index (χ1v) is 3.74. The maximum atomic E-state index is 12.8. The Balaban J connectivity index is 2.85. The van der Waals surface area contributed by atoms with Crippen LogP contribution in [0.5, 0.6) is 0 Å². The molecule has 0 spiro atoms. The lowest BCUT2D eigenvalue weighted by Crippen LogP contribution is -2.13. The number of allylic oxidation sites excluding steroid dienone is 4. The molecular weight excluding hydrogens is 151 g/mol. The average Bonchev–Trinajstić information content (AvgIpc) is 1.82. The van der Waals surface area contributed by atoms with Crippen molar-refractivity contribution >= 4 is 11.6 Å². The van der Waals surface area contributed by atoms with Crippen molar-refractivity contribution in [1.82, 2.24) is 0 Å². The predicted octanol–water partition coefficient (Wildman–Crippen LogP) is 3.04. The Morgan fingerprint density at radius 1 is 1.60 bits per heavy atom. The van der Waals surface area contributed by atoms with E-state index in [1.807, 2.05) is 13.0 Å². The van der Waals surface area contributed by atoms with Crippen LogP contribution in [-0.2, 0) is 0 Å². The van der Waals surface area contributed by atoms with Crippen LogP contribution in [0.3, 0.4) is 0 Å². The molecule has 1 aliphatic carbocycles. The van der Waals surface area contributed by atoms with Crippen LogP contribution in [0.15, 0.2) is 23.6 Å². The van der Waals surface area contributed by atoms with E-state index in [1.54, 1.807) is 6.92 Å². The second-order valence-corrected chi connectivity index (χ2v) is 3.18. The van der Waals surface area contributed by atoms with Crippen molar-refractivity contribution in [1.29, 1.82) is 0 Å². The van der Waals surface area contributed by atoms with E-state index >= 15 is 0 Å². The first kappa shape index (κ1) is 7.80. The van der Waals surface area contributed by atoms with E-state index in [0.717, 1.165) is 5.57 Å². The van der Waals surface area contributed by atoms with Crippen LogP contribution in [0.2, 0.25) is 0 Å². The summed E-state index contributed by atoms with van der Waals surface area (Å²) in [4.78, 5) is 0. The molecule has 0 radical (unpaired) electrons. The lowest BCUT2D eigenvalue weighted by molar-refractivity contribution is 0.492. The highest BCUT2D eigenvalue weighted by molar-refractivity contribution is 6.22. The molecule has 0 aromatic heterocycles. The van der Waals surface area contributed by atoms with Gasteiger partial charge in [-0.2, -0.15) is 0 Å². The van der Waals surface area contributed by atoms with Gasteiger partial charge in [0.15, 0.2) is 0 Å². The Bertz CT molecular complexity index is 193. The molecule has 0 aliphatic heterocycles. The second-order valence-electron chi connectivity index (χ2n) is 2.67. The van der Waals surface area contributed by atoms with Crippen molar-refractivity contribution < 1.29 is 4.39 Å². The number of hydrogen-bond donors (Lipinski definition) is 0. The molecule has 2 unspecified atom stereocenters. The topological polar surface area (TPSA) is 0 Å². The average molecular weight is 161 g/mol.